The molecule has 96 valence electrons. The van der Waals surface area contributed by atoms with Crippen LogP contribution in [0.2, 0.25) is 0 Å². The lowest BCUT2D eigenvalue weighted by Gasteiger charge is -2.02. The van der Waals surface area contributed by atoms with Gasteiger partial charge in [-0.2, -0.15) is 0 Å². The molecule has 0 saturated heterocycles. The summed E-state index contributed by atoms with van der Waals surface area (Å²) in [7, 11) is 0. The molecule has 2 aromatic heterocycles. The van der Waals surface area contributed by atoms with Crippen LogP contribution in [-0.4, -0.2) is 17.4 Å². The average Bonchev–Trinajstić information content (AvgIpc) is 3.07. The van der Waals surface area contributed by atoms with E-state index in [9.17, 15) is 4.79 Å². The second-order valence-corrected chi connectivity index (χ2v) is 4.33. The van der Waals surface area contributed by atoms with Crippen molar-refractivity contribution in [1.82, 2.24) is 10.3 Å². The lowest BCUT2D eigenvalue weighted by atomic mass is 10.1. The Labute approximate surface area is 110 Å². The van der Waals surface area contributed by atoms with Gasteiger partial charge in [-0.3, -0.25) is 4.79 Å². The number of aromatic amines is 1. The quantitative estimate of drug-likeness (QED) is 0.752. The van der Waals surface area contributed by atoms with Crippen molar-refractivity contribution in [2.75, 3.05) is 6.54 Å². The number of H-pyrrole nitrogens is 1. The van der Waals surface area contributed by atoms with Gasteiger partial charge in [-0.15, -0.1) is 0 Å². The number of amides is 1. The summed E-state index contributed by atoms with van der Waals surface area (Å²) in [4.78, 5) is 15.2. The maximum atomic E-state index is 12.1. The van der Waals surface area contributed by atoms with Crippen LogP contribution in [0.15, 0.2) is 53.3 Å². The maximum Gasteiger partial charge on any atom is 0.253 e. The normalized spacial score (nSPS) is 10.7. The molecule has 0 aliphatic carbocycles. The van der Waals surface area contributed by atoms with E-state index in [2.05, 4.69) is 10.3 Å². The first-order valence-electron chi connectivity index (χ1n) is 6.21. The Morgan fingerprint density at radius 3 is 2.95 bits per heavy atom. The Bertz CT molecular complexity index is 683. The van der Waals surface area contributed by atoms with E-state index in [1.54, 1.807) is 12.5 Å². The first-order chi connectivity index (χ1) is 9.34. The second-order valence-electron chi connectivity index (χ2n) is 4.33. The molecule has 0 aliphatic rings. The molecular weight excluding hydrogens is 240 g/mol. The topological polar surface area (TPSA) is 58.0 Å². The van der Waals surface area contributed by atoms with E-state index in [-0.39, 0.29) is 5.91 Å². The van der Waals surface area contributed by atoms with Gasteiger partial charge in [0.25, 0.3) is 5.91 Å². The highest BCUT2D eigenvalue weighted by Crippen LogP contribution is 2.17. The number of furan rings is 1. The van der Waals surface area contributed by atoms with Gasteiger partial charge in [0, 0.05) is 30.1 Å². The van der Waals surface area contributed by atoms with Gasteiger partial charge in [0.1, 0.15) is 5.76 Å². The molecule has 0 atom stereocenters. The molecular formula is C15H14N2O2. The van der Waals surface area contributed by atoms with Crippen molar-refractivity contribution < 1.29 is 9.21 Å². The number of hydrogen-bond donors (Lipinski definition) is 2. The van der Waals surface area contributed by atoms with Crippen LogP contribution >= 0.6 is 0 Å². The zero-order valence-electron chi connectivity index (χ0n) is 10.3. The minimum Gasteiger partial charge on any atom is -0.469 e. The summed E-state index contributed by atoms with van der Waals surface area (Å²) in [5, 5.41) is 3.84. The minimum atomic E-state index is -0.0657. The first kappa shape index (κ1) is 11.6. The monoisotopic (exact) mass is 254 g/mol. The van der Waals surface area contributed by atoms with Crippen LogP contribution in [-0.2, 0) is 6.42 Å². The van der Waals surface area contributed by atoms with Crippen LogP contribution in [0.4, 0.5) is 0 Å². The molecule has 0 radical (unpaired) electrons. The number of nitrogens with one attached hydrogen (secondary N) is 2. The number of carbonyl (C=O) groups is 1. The predicted octanol–water partition coefficient (Wildman–Crippen LogP) is 2.73. The van der Waals surface area contributed by atoms with E-state index in [1.165, 1.54) is 0 Å². The SMILES string of the molecule is O=C(NCCc1ccco1)c1c[nH]c2ccccc12. The first-order valence-corrected chi connectivity index (χ1v) is 6.21. The molecule has 4 heteroatoms. The number of hydrogen-bond acceptors (Lipinski definition) is 2. The average molecular weight is 254 g/mol. The minimum absolute atomic E-state index is 0.0657. The molecule has 0 aliphatic heterocycles. The molecule has 0 fully saturated rings. The molecule has 3 aromatic rings. The van der Waals surface area contributed by atoms with Crippen molar-refractivity contribution in [3.05, 3.63) is 60.2 Å². The third-order valence-electron chi connectivity index (χ3n) is 3.07. The molecule has 1 amide bonds. The molecule has 4 nitrogen and oxygen atoms in total. The highest BCUT2D eigenvalue weighted by molar-refractivity contribution is 6.06. The Kier molecular flexibility index (Phi) is 3.06. The summed E-state index contributed by atoms with van der Waals surface area (Å²) >= 11 is 0. The zero-order chi connectivity index (χ0) is 13.1. The van der Waals surface area contributed by atoms with Crippen LogP contribution in [0, 0.1) is 0 Å². The van der Waals surface area contributed by atoms with E-state index in [0.717, 1.165) is 16.7 Å². The number of rotatable bonds is 4. The van der Waals surface area contributed by atoms with Crippen LogP contribution in [0.25, 0.3) is 10.9 Å². The van der Waals surface area contributed by atoms with Crippen LogP contribution < -0.4 is 5.32 Å². The second kappa shape index (κ2) is 5.02. The van der Waals surface area contributed by atoms with E-state index >= 15 is 0 Å². The number of fused-ring (bicyclic) bond motifs is 1. The highest BCUT2D eigenvalue weighted by atomic mass is 16.3. The third kappa shape index (κ3) is 2.38. The molecule has 2 N–H and O–H groups in total. The summed E-state index contributed by atoms with van der Waals surface area (Å²) in [6.45, 7) is 0.561. The fourth-order valence-corrected chi connectivity index (χ4v) is 2.11. The number of benzene rings is 1. The number of aromatic nitrogens is 1. The standard InChI is InChI=1S/C15H14N2O2/c18-15(16-8-7-11-4-3-9-19-11)13-10-17-14-6-2-1-5-12(13)14/h1-6,9-10,17H,7-8H2,(H,16,18). The lowest BCUT2D eigenvalue weighted by molar-refractivity contribution is 0.0955. The molecule has 0 saturated carbocycles. The number of para-hydroxylation sites is 1. The molecule has 0 bridgehead atoms. The highest BCUT2D eigenvalue weighted by Gasteiger charge is 2.10. The van der Waals surface area contributed by atoms with Gasteiger partial charge in [-0.05, 0) is 18.2 Å². The van der Waals surface area contributed by atoms with E-state index < -0.39 is 0 Å². The van der Waals surface area contributed by atoms with E-state index in [4.69, 9.17) is 4.42 Å². The molecule has 1 aromatic carbocycles. The fraction of sp³-hybridized carbons (Fsp3) is 0.133. The molecule has 0 spiro atoms. The van der Waals surface area contributed by atoms with Gasteiger partial charge >= 0.3 is 0 Å². The zero-order valence-corrected chi connectivity index (χ0v) is 10.3. The van der Waals surface area contributed by atoms with Gasteiger partial charge in [0.05, 0.1) is 11.8 Å². The van der Waals surface area contributed by atoms with Crippen molar-refractivity contribution in [2.45, 2.75) is 6.42 Å². The van der Waals surface area contributed by atoms with Gasteiger partial charge in [-0.25, -0.2) is 0 Å². The molecule has 3 rings (SSSR count). The van der Waals surface area contributed by atoms with Gasteiger partial charge in [0.2, 0.25) is 0 Å². The molecule has 19 heavy (non-hydrogen) atoms. The Morgan fingerprint density at radius 1 is 1.21 bits per heavy atom. The predicted molar refractivity (Wildman–Crippen MR) is 73.0 cm³/mol. The summed E-state index contributed by atoms with van der Waals surface area (Å²) in [5.74, 6) is 0.809. The van der Waals surface area contributed by atoms with Crippen molar-refractivity contribution >= 4 is 16.8 Å². The van der Waals surface area contributed by atoms with Crippen LogP contribution in [0.5, 0.6) is 0 Å². The fourth-order valence-electron chi connectivity index (χ4n) is 2.11. The Balaban J connectivity index is 1.67. The largest absolute Gasteiger partial charge is 0.469 e. The van der Waals surface area contributed by atoms with Crippen molar-refractivity contribution in [2.24, 2.45) is 0 Å². The van der Waals surface area contributed by atoms with Gasteiger partial charge in [0.15, 0.2) is 0 Å². The van der Waals surface area contributed by atoms with Crippen LogP contribution in [0.1, 0.15) is 16.1 Å². The Hall–Kier alpha value is -2.49. The van der Waals surface area contributed by atoms with Crippen molar-refractivity contribution in [3.63, 3.8) is 0 Å². The lowest BCUT2D eigenvalue weighted by Crippen LogP contribution is -2.25. The third-order valence-corrected chi connectivity index (χ3v) is 3.07. The van der Waals surface area contributed by atoms with Gasteiger partial charge in [-0.1, -0.05) is 18.2 Å². The van der Waals surface area contributed by atoms with E-state index in [1.807, 2.05) is 36.4 Å². The number of carbonyl (C=O) groups excluding carboxylic acids is 1. The summed E-state index contributed by atoms with van der Waals surface area (Å²) in [6, 6.07) is 11.5. The summed E-state index contributed by atoms with van der Waals surface area (Å²) in [6.07, 6.45) is 4.07. The van der Waals surface area contributed by atoms with Crippen LogP contribution in [0.3, 0.4) is 0 Å². The summed E-state index contributed by atoms with van der Waals surface area (Å²) in [5.41, 5.74) is 1.65. The van der Waals surface area contributed by atoms with Gasteiger partial charge < -0.3 is 14.7 Å². The molecule has 2 heterocycles. The molecule has 0 unspecified atom stereocenters. The Morgan fingerprint density at radius 2 is 2.11 bits per heavy atom. The smallest absolute Gasteiger partial charge is 0.253 e. The van der Waals surface area contributed by atoms with Crippen molar-refractivity contribution in [1.29, 1.82) is 0 Å². The summed E-state index contributed by atoms with van der Waals surface area (Å²) < 4.78 is 5.22. The van der Waals surface area contributed by atoms with Crippen molar-refractivity contribution in [3.8, 4) is 0 Å². The van der Waals surface area contributed by atoms with E-state index in [0.29, 0.717) is 18.5 Å². The maximum absolute atomic E-state index is 12.1.